The van der Waals surface area contributed by atoms with Gasteiger partial charge in [0.25, 0.3) is 0 Å². The molecule has 0 aromatic carbocycles. The Labute approximate surface area is 58.1 Å². The second-order valence-electron chi connectivity index (χ2n) is 2.18. The molecule has 4 nitrogen and oxygen atoms in total. The molecule has 1 aliphatic heterocycles. The van der Waals surface area contributed by atoms with Crippen LogP contribution in [0.15, 0.2) is 4.52 Å². The Morgan fingerprint density at radius 3 is 3.20 bits per heavy atom. The lowest BCUT2D eigenvalue weighted by atomic mass is 10.3. The van der Waals surface area contributed by atoms with Gasteiger partial charge in [0.05, 0.1) is 12.2 Å². The summed E-state index contributed by atoms with van der Waals surface area (Å²) in [6.45, 7) is 1.18. The smallest absolute Gasteiger partial charge is 0.175 e. The van der Waals surface area contributed by atoms with Crippen molar-refractivity contribution < 1.29 is 9.26 Å². The molecule has 10 heavy (non-hydrogen) atoms. The van der Waals surface area contributed by atoms with Crippen LogP contribution in [-0.2, 0) is 18.0 Å². The van der Waals surface area contributed by atoms with Crippen LogP contribution in [0.5, 0.6) is 0 Å². The standard InChI is InChI=1S/C6H8N2O2/c1-7-6-4-2-9-3-5(4)10-8-6/h2-3H2,1H3,(H,7,8). The van der Waals surface area contributed by atoms with E-state index < -0.39 is 0 Å². The van der Waals surface area contributed by atoms with Crippen molar-refractivity contribution in [2.45, 2.75) is 13.2 Å². The minimum atomic E-state index is 0.560. The molecule has 1 aromatic heterocycles. The highest BCUT2D eigenvalue weighted by molar-refractivity contribution is 5.44. The Balaban J connectivity index is 2.44. The number of aromatic nitrogens is 1. The maximum Gasteiger partial charge on any atom is 0.175 e. The van der Waals surface area contributed by atoms with E-state index in [2.05, 4.69) is 10.5 Å². The number of hydrogen-bond donors (Lipinski definition) is 1. The number of fused-ring (bicyclic) bond motifs is 1. The summed E-state index contributed by atoms with van der Waals surface area (Å²) < 4.78 is 10.1. The number of anilines is 1. The van der Waals surface area contributed by atoms with E-state index in [1.54, 1.807) is 0 Å². The second kappa shape index (κ2) is 1.98. The molecule has 2 heterocycles. The monoisotopic (exact) mass is 140 g/mol. The summed E-state index contributed by atoms with van der Waals surface area (Å²) in [7, 11) is 1.82. The largest absolute Gasteiger partial charge is 0.370 e. The minimum Gasteiger partial charge on any atom is -0.370 e. The number of hydrogen-bond acceptors (Lipinski definition) is 4. The van der Waals surface area contributed by atoms with Gasteiger partial charge in [-0.15, -0.1) is 0 Å². The molecule has 54 valence electrons. The second-order valence-corrected chi connectivity index (χ2v) is 2.18. The fourth-order valence-corrected chi connectivity index (χ4v) is 1.05. The molecule has 0 atom stereocenters. The van der Waals surface area contributed by atoms with Crippen molar-refractivity contribution in [1.82, 2.24) is 5.16 Å². The van der Waals surface area contributed by atoms with Gasteiger partial charge in [-0.2, -0.15) is 0 Å². The molecule has 0 saturated heterocycles. The summed E-state index contributed by atoms with van der Waals surface area (Å²) in [5.41, 5.74) is 1.06. The van der Waals surface area contributed by atoms with Gasteiger partial charge in [0.2, 0.25) is 0 Å². The summed E-state index contributed by atoms with van der Waals surface area (Å²) in [6, 6.07) is 0. The van der Waals surface area contributed by atoms with Crippen molar-refractivity contribution in [3.05, 3.63) is 11.3 Å². The summed E-state index contributed by atoms with van der Waals surface area (Å²) in [5.74, 6) is 1.65. The Morgan fingerprint density at radius 2 is 2.40 bits per heavy atom. The number of ether oxygens (including phenoxy) is 1. The molecule has 0 aliphatic carbocycles. The number of nitrogens with zero attached hydrogens (tertiary/aromatic N) is 1. The molecular formula is C6H8N2O2. The first-order chi connectivity index (χ1) is 4.92. The van der Waals surface area contributed by atoms with Crippen LogP contribution in [-0.4, -0.2) is 12.2 Å². The zero-order valence-corrected chi connectivity index (χ0v) is 5.68. The van der Waals surface area contributed by atoms with Crippen LogP contribution in [0.1, 0.15) is 11.3 Å². The van der Waals surface area contributed by atoms with Crippen LogP contribution in [0, 0.1) is 0 Å². The Bertz CT molecular complexity index is 244. The van der Waals surface area contributed by atoms with Gasteiger partial charge in [-0.1, -0.05) is 5.16 Å². The first-order valence-electron chi connectivity index (χ1n) is 3.14. The predicted molar refractivity (Wildman–Crippen MR) is 34.5 cm³/mol. The Kier molecular flexibility index (Phi) is 1.14. The van der Waals surface area contributed by atoms with Gasteiger partial charge in [0.15, 0.2) is 11.6 Å². The summed E-state index contributed by atoms with van der Waals surface area (Å²) >= 11 is 0. The molecule has 0 unspecified atom stereocenters. The van der Waals surface area contributed by atoms with Gasteiger partial charge in [-0.05, 0) is 0 Å². The number of rotatable bonds is 1. The fourth-order valence-electron chi connectivity index (χ4n) is 1.05. The topological polar surface area (TPSA) is 47.3 Å². The molecule has 0 spiro atoms. The van der Waals surface area contributed by atoms with E-state index in [0.717, 1.165) is 17.1 Å². The van der Waals surface area contributed by atoms with Gasteiger partial charge in [0, 0.05) is 7.05 Å². The SMILES string of the molecule is CNc1noc2c1COC2. The van der Waals surface area contributed by atoms with E-state index in [-0.39, 0.29) is 0 Å². The van der Waals surface area contributed by atoms with Crippen LogP contribution in [0.4, 0.5) is 5.82 Å². The molecule has 0 radical (unpaired) electrons. The molecule has 1 aliphatic rings. The van der Waals surface area contributed by atoms with Gasteiger partial charge in [-0.3, -0.25) is 0 Å². The quantitative estimate of drug-likeness (QED) is 0.625. The summed E-state index contributed by atoms with van der Waals surface area (Å²) in [6.07, 6.45) is 0. The van der Waals surface area contributed by atoms with Gasteiger partial charge >= 0.3 is 0 Å². The lowest BCUT2D eigenvalue weighted by Gasteiger charge is -1.92. The first-order valence-corrected chi connectivity index (χ1v) is 3.14. The third-order valence-corrected chi connectivity index (χ3v) is 1.59. The molecule has 1 N–H and O–H groups in total. The van der Waals surface area contributed by atoms with Crippen LogP contribution >= 0.6 is 0 Å². The summed E-state index contributed by atoms with van der Waals surface area (Å²) in [5, 5.41) is 6.71. The predicted octanol–water partition coefficient (Wildman–Crippen LogP) is 0.746. The van der Waals surface area contributed by atoms with Crippen molar-refractivity contribution >= 4 is 5.82 Å². The molecule has 0 bridgehead atoms. The third kappa shape index (κ3) is 0.623. The third-order valence-electron chi connectivity index (χ3n) is 1.59. The molecule has 0 fully saturated rings. The average Bonchev–Trinajstić information content (AvgIpc) is 2.44. The van der Waals surface area contributed by atoms with Crippen molar-refractivity contribution in [2.75, 3.05) is 12.4 Å². The first kappa shape index (κ1) is 5.73. The molecule has 0 saturated carbocycles. The molecule has 4 heteroatoms. The van der Waals surface area contributed by atoms with Crippen molar-refractivity contribution in [3.8, 4) is 0 Å². The zero-order chi connectivity index (χ0) is 6.97. The van der Waals surface area contributed by atoms with E-state index in [0.29, 0.717) is 13.2 Å². The maximum atomic E-state index is 5.12. The van der Waals surface area contributed by atoms with Gasteiger partial charge < -0.3 is 14.6 Å². The highest BCUT2D eigenvalue weighted by Gasteiger charge is 2.20. The van der Waals surface area contributed by atoms with Crippen LogP contribution in [0.3, 0.4) is 0 Å². The van der Waals surface area contributed by atoms with E-state index in [4.69, 9.17) is 9.26 Å². The lowest BCUT2D eigenvalue weighted by Crippen LogP contribution is -1.91. The Morgan fingerprint density at radius 1 is 1.50 bits per heavy atom. The van der Waals surface area contributed by atoms with E-state index >= 15 is 0 Å². The fraction of sp³-hybridized carbons (Fsp3) is 0.500. The van der Waals surface area contributed by atoms with Crippen LogP contribution in [0.2, 0.25) is 0 Å². The van der Waals surface area contributed by atoms with E-state index in [9.17, 15) is 0 Å². The molecule has 1 aromatic rings. The maximum absolute atomic E-state index is 5.12. The van der Waals surface area contributed by atoms with E-state index in [1.807, 2.05) is 7.05 Å². The van der Waals surface area contributed by atoms with Gasteiger partial charge in [0.1, 0.15) is 6.61 Å². The minimum absolute atomic E-state index is 0.560. The molecular weight excluding hydrogens is 132 g/mol. The Hall–Kier alpha value is -1.03. The highest BCUT2D eigenvalue weighted by atomic mass is 16.5. The highest BCUT2D eigenvalue weighted by Crippen LogP contribution is 2.25. The lowest BCUT2D eigenvalue weighted by molar-refractivity contribution is 0.119. The van der Waals surface area contributed by atoms with Crippen molar-refractivity contribution in [2.24, 2.45) is 0 Å². The molecule has 0 amide bonds. The molecule has 2 rings (SSSR count). The van der Waals surface area contributed by atoms with Gasteiger partial charge in [-0.25, -0.2) is 0 Å². The van der Waals surface area contributed by atoms with Crippen molar-refractivity contribution in [1.29, 1.82) is 0 Å². The van der Waals surface area contributed by atoms with Crippen LogP contribution in [0.25, 0.3) is 0 Å². The average molecular weight is 140 g/mol. The number of nitrogens with one attached hydrogen (secondary N) is 1. The van der Waals surface area contributed by atoms with Crippen LogP contribution < -0.4 is 5.32 Å². The van der Waals surface area contributed by atoms with Crippen molar-refractivity contribution in [3.63, 3.8) is 0 Å². The van der Waals surface area contributed by atoms with E-state index in [1.165, 1.54) is 0 Å². The normalized spacial score (nSPS) is 15.3. The zero-order valence-electron chi connectivity index (χ0n) is 5.68. The summed E-state index contributed by atoms with van der Waals surface area (Å²) in [4.78, 5) is 0.